The van der Waals surface area contributed by atoms with E-state index < -0.39 is 16.0 Å². The zero-order valence-electron chi connectivity index (χ0n) is 14.6. The molecule has 0 aliphatic rings. The molecule has 9 heteroatoms. The van der Waals surface area contributed by atoms with Crippen molar-refractivity contribution in [2.75, 3.05) is 11.3 Å². The minimum absolute atomic E-state index is 0.0157. The predicted molar refractivity (Wildman–Crippen MR) is 102 cm³/mol. The summed E-state index contributed by atoms with van der Waals surface area (Å²) in [6.07, 6.45) is 1.29. The van der Waals surface area contributed by atoms with E-state index in [1.807, 2.05) is 0 Å². The summed E-state index contributed by atoms with van der Waals surface area (Å²) in [7, 11) is -3.93. The van der Waals surface area contributed by atoms with Gasteiger partial charge in [0.1, 0.15) is 15.6 Å². The van der Waals surface area contributed by atoms with Crippen molar-refractivity contribution in [3.63, 3.8) is 0 Å². The molecule has 0 atom stereocenters. The highest BCUT2D eigenvalue weighted by atomic mass is 35.5. The van der Waals surface area contributed by atoms with E-state index in [0.717, 1.165) is 0 Å². The van der Waals surface area contributed by atoms with Gasteiger partial charge in [-0.15, -0.1) is 0 Å². The molecule has 0 spiro atoms. The third-order valence-electron chi connectivity index (χ3n) is 3.78. The first-order valence-corrected chi connectivity index (χ1v) is 9.90. The number of esters is 1. The van der Waals surface area contributed by atoms with Crippen LogP contribution >= 0.6 is 11.6 Å². The minimum atomic E-state index is -3.93. The van der Waals surface area contributed by atoms with Gasteiger partial charge in [-0.2, -0.15) is 0 Å². The van der Waals surface area contributed by atoms with E-state index in [1.54, 1.807) is 32.0 Å². The van der Waals surface area contributed by atoms with Crippen LogP contribution in [0.15, 0.2) is 47.5 Å². The number of para-hydroxylation sites is 1. The van der Waals surface area contributed by atoms with Crippen LogP contribution in [0.2, 0.25) is 5.15 Å². The van der Waals surface area contributed by atoms with Crippen molar-refractivity contribution < 1.29 is 17.9 Å². The number of hydrogen-bond acceptors (Lipinski definition) is 6. The molecule has 0 unspecified atom stereocenters. The number of sulfonamides is 1. The lowest BCUT2D eigenvalue weighted by atomic mass is 10.1. The largest absolute Gasteiger partial charge is 0.462 e. The fraction of sp³-hybridized carbons (Fsp3) is 0.167. The van der Waals surface area contributed by atoms with Gasteiger partial charge in [-0.05, 0) is 49.7 Å². The van der Waals surface area contributed by atoms with E-state index in [2.05, 4.69) is 14.7 Å². The molecule has 0 fully saturated rings. The summed E-state index contributed by atoms with van der Waals surface area (Å²) >= 11 is 5.82. The molecule has 140 valence electrons. The number of hydrogen-bond donors (Lipinski definition) is 1. The van der Waals surface area contributed by atoms with Gasteiger partial charge >= 0.3 is 5.97 Å². The maximum Gasteiger partial charge on any atom is 0.338 e. The lowest BCUT2D eigenvalue weighted by molar-refractivity contribution is 0.0526. The van der Waals surface area contributed by atoms with Gasteiger partial charge in [-0.3, -0.25) is 4.72 Å². The van der Waals surface area contributed by atoms with Crippen LogP contribution in [-0.2, 0) is 14.8 Å². The van der Waals surface area contributed by atoms with Gasteiger partial charge in [-0.25, -0.2) is 23.2 Å². The Hall–Kier alpha value is -2.71. The van der Waals surface area contributed by atoms with Crippen LogP contribution in [0.3, 0.4) is 0 Å². The van der Waals surface area contributed by atoms with Gasteiger partial charge in [0.15, 0.2) is 0 Å². The van der Waals surface area contributed by atoms with Crippen molar-refractivity contribution in [1.82, 2.24) is 9.97 Å². The number of carbonyl (C=O) groups is 1. The summed E-state index contributed by atoms with van der Waals surface area (Å²) < 4.78 is 33.2. The van der Waals surface area contributed by atoms with Crippen LogP contribution in [-0.4, -0.2) is 31.0 Å². The summed E-state index contributed by atoms with van der Waals surface area (Å²) in [5.74, 6) is -0.462. The fourth-order valence-electron chi connectivity index (χ4n) is 2.53. The Kier molecular flexibility index (Phi) is 5.29. The molecule has 2 aromatic carbocycles. The van der Waals surface area contributed by atoms with Gasteiger partial charge in [0.25, 0.3) is 10.0 Å². The number of ether oxygens (including phenoxy) is 1. The van der Waals surface area contributed by atoms with E-state index in [-0.39, 0.29) is 22.2 Å². The molecule has 0 aliphatic heterocycles. The standard InChI is InChI=1S/C18H16ClN3O4S/c1-3-26-18(23)12-7-8-13(11(2)9-12)22-27(24,25)15-6-4-5-14-17(15)20-10-16(19)21-14/h4-10,22H,3H2,1-2H3. The monoisotopic (exact) mass is 405 g/mol. The molecule has 1 heterocycles. The molecule has 0 saturated heterocycles. The number of fused-ring (bicyclic) bond motifs is 1. The minimum Gasteiger partial charge on any atom is -0.462 e. The second-order valence-corrected chi connectivity index (χ2v) is 7.71. The molecule has 0 saturated carbocycles. The lowest BCUT2D eigenvalue weighted by Crippen LogP contribution is -2.15. The van der Waals surface area contributed by atoms with Crippen molar-refractivity contribution in [3.8, 4) is 0 Å². The van der Waals surface area contributed by atoms with Gasteiger partial charge in [0, 0.05) is 0 Å². The van der Waals surface area contributed by atoms with Crippen LogP contribution in [0.1, 0.15) is 22.8 Å². The molecule has 3 rings (SSSR count). The topological polar surface area (TPSA) is 98.2 Å². The van der Waals surface area contributed by atoms with Gasteiger partial charge < -0.3 is 4.74 Å². The summed E-state index contributed by atoms with van der Waals surface area (Å²) in [4.78, 5) is 20.0. The lowest BCUT2D eigenvalue weighted by Gasteiger charge is -2.13. The van der Waals surface area contributed by atoms with E-state index >= 15 is 0 Å². The molecule has 27 heavy (non-hydrogen) atoms. The Morgan fingerprint density at radius 2 is 2.04 bits per heavy atom. The molecule has 0 amide bonds. The maximum atomic E-state index is 12.9. The van der Waals surface area contributed by atoms with Crippen molar-refractivity contribution in [2.24, 2.45) is 0 Å². The number of aromatic nitrogens is 2. The predicted octanol–water partition coefficient (Wildman–Crippen LogP) is 3.57. The molecule has 3 aromatic rings. The molecular weight excluding hydrogens is 390 g/mol. The van der Waals surface area contributed by atoms with E-state index in [1.165, 1.54) is 24.4 Å². The highest BCUT2D eigenvalue weighted by Crippen LogP contribution is 2.25. The van der Waals surface area contributed by atoms with Gasteiger partial charge in [-0.1, -0.05) is 17.7 Å². The van der Waals surface area contributed by atoms with Crippen molar-refractivity contribution in [3.05, 3.63) is 58.9 Å². The number of nitrogens with one attached hydrogen (secondary N) is 1. The maximum absolute atomic E-state index is 12.9. The third-order valence-corrected chi connectivity index (χ3v) is 5.36. The van der Waals surface area contributed by atoms with E-state index in [9.17, 15) is 13.2 Å². The zero-order valence-corrected chi connectivity index (χ0v) is 16.1. The van der Waals surface area contributed by atoms with E-state index in [0.29, 0.717) is 22.3 Å². The number of carbonyl (C=O) groups excluding carboxylic acids is 1. The highest BCUT2D eigenvalue weighted by molar-refractivity contribution is 7.93. The summed E-state index contributed by atoms with van der Waals surface area (Å²) in [6, 6.07) is 9.23. The number of aryl methyl sites for hydroxylation is 1. The number of halogens is 1. The highest BCUT2D eigenvalue weighted by Gasteiger charge is 2.20. The van der Waals surface area contributed by atoms with Crippen LogP contribution in [0.4, 0.5) is 5.69 Å². The van der Waals surface area contributed by atoms with Gasteiger partial charge in [0.2, 0.25) is 0 Å². The van der Waals surface area contributed by atoms with Crippen molar-refractivity contribution in [1.29, 1.82) is 0 Å². The number of rotatable bonds is 5. The Labute approximate surface area is 161 Å². The molecule has 1 aromatic heterocycles. The van der Waals surface area contributed by atoms with Gasteiger partial charge in [0.05, 0.1) is 29.6 Å². The van der Waals surface area contributed by atoms with Crippen LogP contribution < -0.4 is 4.72 Å². The third kappa shape index (κ3) is 4.01. The first-order chi connectivity index (χ1) is 12.8. The first kappa shape index (κ1) is 19.1. The normalized spacial score (nSPS) is 11.4. The fourth-order valence-corrected chi connectivity index (χ4v) is 3.97. The van der Waals surface area contributed by atoms with Crippen LogP contribution in [0.5, 0.6) is 0 Å². The molecule has 0 bridgehead atoms. The number of nitrogens with zero attached hydrogens (tertiary/aromatic N) is 2. The number of benzene rings is 2. The van der Waals surface area contributed by atoms with E-state index in [4.69, 9.17) is 16.3 Å². The molecule has 0 aliphatic carbocycles. The Morgan fingerprint density at radius 3 is 2.74 bits per heavy atom. The molecule has 7 nitrogen and oxygen atoms in total. The van der Waals surface area contributed by atoms with Crippen LogP contribution in [0.25, 0.3) is 11.0 Å². The smallest absolute Gasteiger partial charge is 0.338 e. The molecular formula is C18H16ClN3O4S. The van der Waals surface area contributed by atoms with Crippen molar-refractivity contribution in [2.45, 2.75) is 18.7 Å². The summed E-state index contributed by atoms with van der Waals surface area (Å²) in [5.41, 5.74) is 1.87. The average Bonchev–Trinajstić information content (AvgIpc) is 2.62. The SMILES string of the molecule is CCOC(=O)c1ccc(NS(=O)(=O)c2cccc3nc(Cl)cnc23)c(C)c1. The van der Waals surface area contributed by atoms with Crippen LogP contribution in [0, 0.1) is 6.92 Å². The average molecular weight is 406 g/mol. The molecule has 1 N–H and O–H groups in total. The first-order valence-electron chi connectivity index (χ1n) is 8.03. The quantitative estimate of drug-likeness (QED) is 0.651. The second kappa shape index (κ2) is 7.50. The Balaban J connectivity index is 1.97. The Morgan fingerprint density at radius 1 is 1.26 bits per heavy atom. The van der Waals surface area contributed by atoms with Crippen molar-refractivity contribution >= 4 is 44.3 Å². The number of anilines is 1. The molecule has 0 radical (unpaired) electrons. The zero-order chi connectivity index (χ0) is 19.6. The second-order valence-electron chi connectivity index (χ2n) is 5.67. The summed E-state index contributed by atoms with van der Waals surface area (Å²) in [6.45, 7) is 3.68. The Bertz CT molecular complexity index is 1130. The summed E-state index contributed by atoms with van der Waals surface area (Å²) in [5, 5.41) is 0.176.